The highest BCUT2D eigenvalue weighted by atomic mass is 16.5. The summed E-state index contributed by atoms with van der Waals surface area (Å²) in [4.78, 5) is 24.9. The van der Waals surface area contributed by atoms with Crippen LogP contribution in [0.3, 0.4) is 0 Å². The fourth-order valence-electron chi connectivity index (χ4n) is 4.04. The first-order chi connectivity index (χ1) is 16.9. The molecule has 0 aliphatic rings. The number of phenols is 1. The van der Waals surface area contributed by atoms with Crippen LogP contribution in [0.1, 0.15) is 21.6 Å². The summed E-state index contributed by atoms with van der Waals surface area (Å²) in [7, 11) is 3.42. The minimum Gasteiger partial charge on any atom is -0.507 e. The van der Waals surface area contributed by atoms with Crippen LogP contribution in [-0.4, -0.2) is 42.9 Å². The van der Waals surface area contributed by atoms with Crippen LogP contribution in [0.2, 0.25) is 0 Å². The van der Waals surface area contributed by atoms with Gasteiger partial charge in [-0.3, -0.25) is 9.48 Å². The molecule has 0 bridgehead atoms. The number of methoxy groups -OCH3 is 1. The van der Waals surface area contributed by atoms with E-state index in [0.717, 1.165) is 27.9 Å². The summed E-state index contributed by atoms with van der Waals surface area (Å²) in [6.07, 6.45) is 3.55. The van der Waals surface area contributed by atoms with Crippen molar-refractivity contribution < 1.29 is 14.6 Å². The molecule has 176 valence electrons. The highest BCUT2D eigenvalue weighted by molar-refractivity contribution is 5.97. The fraction of sp³-hybridized carbons (Fsp3) is 0.154. The minimum absolute atomic E-state index is 0.0838. The molecule has 3 heterocycles. The Morgan fingerprint density at radius 3 is 2.80 bits per heavy atom. The van der Waals surface area contributed by atoms with E-state index in [0.29, 0.717) is 34.9 Å². The number of aryl methyl sites for hydroxylation is 2. The molecule has 3 aromatic heterocycles. The number of aromatic hydroxyl groups is 1. The largest absolute Gasteiger partial charge is 0.507 e. The number of carbonyl (C=O) groups is 1. The number of benzene rings is 2. The van der Waals surface area contributed by atoms with Gasteiger partial charge in [-0.05, 0) is 55.0 Å². The lowest BCUT2D eigenvalue weighted by Gasteiger charge is -2.09. The second kappa shape index (κ2) is 8.94. The SMILES string of the molecule is COc1ncccc1-c1ccc(O)c(-c2nc3cc(C(=O)NCc4cn(C)nc4C)ccc3[nH]2)c1. The van der Waals surface area contributed by atoms with Gasteiger partial charge in [-0.25, -0.2) is 9.97 Å². The number of pyridine rings is 1. The third-order valence-corrected chi connectivity index (χ3v) is 5.83. The van der Waals surface area contributed by atoms with Gasteiger partial charge in [-0.2, -0.15) is 5.10 Å². The Kier molecular flexibility index (Phi) is 5.66. The van der Waals surface area contributed by atoms with Gasteiger partial charge in [-0.15, -0.1) is 0 Å². The predicted molar refractivity (Wildman–Crippen MR) is 132 cm³/mol. The molecule has 5 aromatic rings. The monoisotopic (exact) mass is 468 g/mol. The first kappa shape index (κ1) is 22.1. The van der Waals surface area contributed by atoms with Crippen LogP contribution < -0.4 is 10.1 Å². The zero-order valence-corrected chi connectivity index (χ0v) is 19.5. The van der Waals surface area contributed by atoms with Crippen LogP contribution in [-0.2, 0) is 13.6 Å². The number of carbonyl (C=O) groups excluding carboxylic acids is 1. The van der Waals surface area contributed by atoms with Crippen LogP contribution in [0.25, 0.3) is 33.5 Å². The molecule has 0 atom stereocenters. The second-order valence-electron chi connectivity index (χ2n) is 8.21. The predicted octanol–water partition coefficient (Wildman–Crippen LogP) is 3.98. The highest BCUT2D eigenvalue weighted by Crippen LogP contribution is 2.35. The van der Waals surface area contributed by atoms with Crippen molar-refractivity contribution in [3.63, 3.8) is 0 Å². The van der Waals surface area contributed by atoms with E-state index in [2.05, 4.69) is 25.4 Å². The van der Waals surface area contributed by atoms with E-state index in [1.54, 1.807) is 48.3 Å². The summed E-state index contributed by atoms with van der Waals surface area (Å²) in [5, 5.41) is 17.8. The number of hydrogen-bond donors (Lipinski definition) is 3. The van der Waals surface area contributed by atoms with Crippen LogP contribution >= 0.6 is 0 Å². The number of aromatic nitrogens is 5. The van der Waals surface area contributed by atoms with Gasteiger partial charge < -0.3 is 20.1 Å². The van der Waals surface area contributed by atoms with Crippen LogP contribution in [0.5, 0.6) is 11.6 Å². The van der Waals surface area contributed by atoms with Crippen molar-refractivity contribution in [3.05, 3.63) is 77.7 Å². The summed E-state index contributed by atoms with van der Waals surface area (Å²) < 4.78 is 7.10. The van der Waals surface area contributed by atoms with Gasteiger partial charge in [0, 0.05) is 42.7 Å². The lowest BCUT2D eigenvalue weighted by molar-refractivity contribution is 0.0951. The van der Waals surface area contributed by atoms with Gasteiger partial charge in [0.1, 0.15) is 11.6 Å². The Morgan fingerprint density at radius 1 is 1.17 bits per heavy atom. The molecule has 0 aliphatic heterocycles. The Bertz CT molecular complexity index is 1550. The molecule has 1 amide bonds. The molecule has 9 heteroatoms. The summed E-state index contributed by atoms with van der Waals surface area (Å²) in [6.45, 7) is 2.30. The molecular weight excluding hydrogens is 444 g/mol. The molecule has 0 saturated carbocycles. The molecule has 5 rings (SSSR count). The number of amides is 1. The number of nitrogens with one attached hydrogen (secondary N) is 2. The molecule has 0 saturated heterocycles. The number of phenolic OH excluding ortho intramolecular Hbond substituents is 1. The topological polar surface area (TPSA) is 118 Å². The van der Waals surface area contributed by atoms with Crippen molar-refractivity contribution in [2.75, 3.05) is 7.11 Å². The van der Waals surface area contributed by atoms with Gasteiger partial charge in [-0.1, -0.05) is 6.07 Å². The van der Waals surface area contributed by atoms with Crippen molar-refractivity contribution in [1.82, 2.24) is 30.0 Å². The maximum absolute atomic E-state index is 12.7. The molecule has 0 unspecified atom stereocenters. The van der Waals surface area contributed by atoms with Gasteiger partial charge in [0.2, 0.25) is 5.88 Å². The second-order valence-corrected chi connectivity index (χ2v) is 8.21. The van der Waals surface area contributed by atoms with Gasteiger partial charge in [0.25, 0.3) is 5.91 Å². The summed E-state index contributed by atoms with van der Waals surface area (Å²) in [5.74, 6) is 0.866. The number of imidazole rings is 1. The third-order valence-electron chi connectivity index (χ3n) is 5.83. The zero-order valence-electron chi connectivity index (χ0n) is 19.5. The van der Waals surface area contributed by atoms with E-state index >= 15 is 0 Å². The van der Waals surface area contributed by atoms with Crippen molar-refractivity contribution in [1.29, 1.82) is 0 Å². The minimum atomic E-state index is -0.201. The molecular formula is C26H24N6O3. The normalized spacial score (nSPS) is 11.1. The Hall–Kier alpha value is -4.66. The van der Waals surface area contributed by atoms with E-state index in [1.165, 1.54) is 0 Å². The number of hydrogen-bond acceptors (Lipinski definition) is 6. The lowest BCUT2D eigenvalue weighted by Crippen LogP contribution is -2.22. The van der Waals surface area contributed by atoms with Crippen molar-refractivity contribution in [2.45, 2.75) is 13.5 Å². The van der Waals surface area contributed by atoms with E-state index in [4.69, 9.17) is 4.74 Å². The van der Waals surface area contributed by atoms with E-state index in [-0.39, 0.29) is 11.7 Å². The summed E-state index contributed by atoms with van der Waals surface area (Å²) in [6, 6.07) is 14.2. The Morgan fingerprint density at radius 2 is 2.03 bits per heavy atom. The van der Waals surface area contributed by atoms with Crippen LogP contribution in [0.4, 0.5) is 0 Å². The number of rotatable bonds is 6. The van der Waals surface area contributed by atoms with Crippen molar-refractivity contribution in [3.8, 4) is 34.1 Å². The average molecular weight is 469 g/mol. The van der Waals surface area contributed by atoms with Gasteiger partial charge in [0.05, 0.1) is 29.4 Å². The molecule has 3 N–H and O–H groups in total. The standard InChI is InChI=1S/C26H24N6O3/c1-15-18(14-32(2)31-15)13-28-25(34)17-6-8-21-22(12-17)30-24(29-21)20-11-16(7-9-23(20)33)19-5-4-10-27-26(19)35-3/h4-12,14,33H,13H2,1-3H3,(H,28,34)(H,29,30). The molecule has 35 heavy (non-hydrogen) atoms. The first-order valence-electron chi connectivity index (χ1n) is 11.0. The summed E-state index contributed by atoms with van der Waals surface area (Å²) >= 11 is 0. The molecule has 0 spiro atoms. The molecule has 9 nitrogen and oxygen atoms in total. The molecule has 2 aromatic carbocycles. The molecule has 0 fully saturated rings. The fourth-order valence-corrected chi connectivity index (χ4v) is 4.04. The number of nitrogens with zero attached hydrogens (tertiary/aromatic N) is 4. The zero-order chi connectivity index (χ0) is 24.5. The summed E-state index contributed by atoms with van der Waals surface area (Å²) in [5.41, 5.74) is 5.87. The molecule has 0 aliphatic carbocycles. The van der Waals surface area contributed by atoms with E-state index in [1.807, 2.05) is 38.4 Å². The number of ether oxygens (including phenoxy) is 1. The van der Waals surface area contributed by atoms with Gasteiger partial charge in [0.15, 0.2) is 0 Å². The number of H-pyrrole nitrogens is 1. The average Bonchev–Trinajstić information content (AvgIpc) is 3.44. The highest BCUT2D eigenvalue weighted by Gasteiger charge is 2.15. The Balaban J connectivity index is 1.43. The van der Waals surface area contributed by atoms with Crippen molar-refractivity contribution >= 4 is 16.9 Å². The Labute approximate surface area is 201 Å². The number of fused-ring (bicyclic) bond motifs is 1. The quantitative estimate of drug-likeness (QED) is 0.347. The maximum Gasteiger partial charge on any atom is 0.251 e. The van der Waals surface area contributed by atoms with E-state index < -0.39 is 0 Å². The van der Waals surface area contributed by atoms with E-state index in [9.17, 15) is 9.90 Å². The first-order valence-corrected chi connectivity index (χ1v) is 11.0. The maximum atomic E-state index is 12.7. The lowest BCUT2D eigenvalue weighted by atomic mass is 10.0. The smallest absolute Gasteiger partial charge is 0.251 e. The van der Waals surface area contributed by atoms with Gasteiger partial charge >= 0.3 is 0 Å². The molecule has 0 radical (unpaired) electrons. The van der Waals surface area contributed by atoms with Crippen molar-refractivity contribution in [2.24, 2.45) is 7.05 Å². The van der Waals surface area contributed by atoms with Crippen LogP contribution in [0.15, 0.2) is 60.9 Å². The number of aromatic amines is 1. The third kappa shape index (κ3) is 4.31. The van der Waals surface area contributed by atoms with Crippen LogP contribution in [0, 0.1) is 6.92 Å².